The van der Waals surface area contributed by atoms with Crippen LogP contribution in [0.15, 0.2) is 30.5 Å². The van der Waals surface area contributed by atoms with Gasteiger partial charge in [0.1, 0.15) is 0 Å². The van der Waals surface area contributed by atoms with Crippen molar-refractivity contribution in [3.8, 4) is 0 Å². The monoisotopic (exact) mass is 314 g/mol. The fraction of sp³-hybridized carbons (Fsp3) is 0.412. The van der Waals surface area contributed by atoms with Crippen molar-refractivity contribution in [2.24, 2.45) is 7.05 Å². The highest BCUT2D eigenvalue weighted by atomic mass is 16.5. The summed E-state index contributed by atoms with van der Waals surface area (Å²) in [6.45, 7) is 6.19. The summed E-state index contributed by atoms with van der Waals surface area (Å²) in [4.78, 5) is 14.7. The standard InChI is InChI=1S/C17H22N4O2/c1-13-16(12-20(2)19-13)17(22)18-15-5-3-4-14(10-15)11-21-6-8-23-9-7-21/h3-5,10,12H,6-9,11H2,1-2H3,(H,18,22). The molecule has 1 fully saturated rings. The smallest absolute Gasteiger partial charge is 0.259 e. The Bertz CT molecular complexity index is 690. The van der Waals surface area contributed by atoms with Crippen LogP contribution >= 0.6 is 0 Å². The number of hydrogen-bond acceptors (Lipinski definition) is 4. The summed E-state index contributed by atoms with van der Waals surface area (Å²) in [5.41, 5.74) is 3.33. The van der Waals surface area contributed by atoms with Crippen molar-refractivity contribution < 1.29 is 9.53 Å². The number of aryl methyl sites for hydroxylation is 2. The van der Waals surface area contributed by atoms with Crippen molar-refractivity contribution in [3.05, 3.63) is 47.3 Å². The second-order valence-corrected chi connectivity index (χ2v) is 5.84. The Morgan fingerprint density at radius 2 is 2.13 bits per heavy atom. The highest BCUT2D eigenvalue weighted by molar-refractivity contribution is 6.04. The molecule has 0 unspecified atom stereocenters. The third-order valence-corrected chi connectivity index (χ3v) is 3.95. The van der Waals surface area contributed by atoms with Crippen LogP contribution < -0.4 is 5.32 Å². The number of carbonyl (C=O) groups excluding carboxylic acids is 1. The Labute approximate surface area is 136 Å². The number of hydrogen-bond donors (Lipinski definition) is 1. The van der Waals surface area contributed by atoms with Gasteiger partial charge in [0.25, 0.3) is 5.91 Å². The molecule has 1 aliphatic rings. The number of nitrogens with one attached hydrogen (secondary N) is 1. The van der Waals surface area contributed by atoms with Crippen molar-refractivity contribution in [1.82, 2.24) is 14.7 Å². The van der Waals surface area contributed by atoms with Gasteiger partial charge in [-0.1, -0.05) is 12.1 Å². The second kappa shape index (κ2) is 6.93. The van der Waals surface area contributed by atoms with E-state index in [1.54, 1.807) is 10.9 Å². The van der Waals surface area contributed by atoms with E-state index in [1.807, 2.05) is 32.2 Å². The fourth-order valence-electron chi connectivity index (χ4n) is 2.79. The second-order valence-electron chi connectivity index (χ2n) is 5.84. The minimum Gasteiger partial charge on any atom is -0.379 e. The van der Waals surface area contributed by atoms with Crippen LogP contribution in [0.5, 0.6) is 0 Å². The van der Waals surface area contributed by atoms with Crippen LogP contribution in [0.2, 0.25) is 0 Å². The molecule has 1 N–H and O–H groups in total. The molecular weight excluding hydrogens is 292 g/mol. The van der Waals surface area contributed by atoms with Gasteiger partial charge in [0.2, 0.25) is 0 Å². The SMILES string of the molecule is Cc1nn(C)cc1C(=O)Nc1cccc(CN2CCOCC2)c1. The minimum atomic E-state index is -0.126. The van der Waals surface area contributed by atoms with E-state index in [-0.39, 0.29) is 5.91 Å². The van der Waals surface area contributed by atoms with Gasteiger partial charge in [0, 0.05) is 38.6 Å². The van der Waals surface area contributed by atoms with Crippen LogP contribution in [-0.4, -0.2) is 46.9 Å². The van der Waals surface area contributed by atoms with Crippen LogP contribution in [0, 0.1) is 6.92 Å². The summed E-state index contributed by atoms with van der Waals surface area (Å²) in [6, 6.07) is 7.99. The van der Waals surface area contributed by atoms with Crippen molar-refractivity contribution in [3.63, 3.8) is 0 Å². The topological polar surface area (TPSA) is 59.4 Å². The van der Waals surface area contributed by atoms with Crippen LogP contribution in [0.3, 0.4) is 0 Å². The predicted octanol–water partition coefficient (Wildman–Crippen LogP) is 1.81. The van der Waals surface area contributed by atoms with E-state index in [9.17, 15) is 4.79 Å². The van der Waals surface area contributed by atoms with Gasteiger partial charge in [0.15, 0.2) is 0 Å². The van der Waals surface area contributed by atoms with E-state index in [2.05, 4.69) is 21.4 Å². The summed E-state index contributed by atoms with van der Waals surface area (Å²) in [7, 11) is 1.81. The molecule has 0 bridgehead atoms. The molecule has 1 aromatic carbocycles. The number of ether oxygens (including phenoxy) is 1. The van der Waals surface area contributed by atoms with E-state index < -0.39 is 0 Å². The van der Waals surface area contributed by atoms with Crippen LogP contribution in [-0.2, 0) is 18.3 Å². The summed E-state index contributed by atoms with van der Waals surface area (Å²) in [5.74, 6) is -0.126. The number of aromatic nitrogens is 2. The van der Waals surface area contributed by atoms with Crippen molar-refractivity contribution >= 4 is 11.6 Å². The maximum absolute atomic E-state index is 12.4. The van der Waals surface area contributed by atoms with Crippen LogP contribution in [0.4, 0.5) is 5.69 Å². The lowest BCUT2D eigenvalue weighted by atomic mass is 10.1. The zero-order valence-corrected chi connectivity index (χ0v) is 13.6. The molecule has 0 spiro atoms. The number of amides is 1. The first-order chi connectivity index (χ1) is 11.1. The Morgan fingerprint density at radius 1 is 1.35 bits per heavy atom. The van der Waals surface area contributed by atoms with E-state index >= 15 is 0 Å². The molecule has 3 rings (SSSR count). The van der Waals surface area contributed by atoms with Crippen molar-refractivity contribution in [2.75, 3.05) is 31.6 Å². The van der Waals surface area contributed by atoms with Crippen molar-refractivity contribution in [2.45, 2.75) is 13.5 Å². The highest BCUT2D eigenvalue weighted by Gasteiger charge is 2.14. The largest absolute Gasteiger partial charge is 0.379 e. The molecule has 2 aromatic rings. The van der Waals surface area contributed by atoms with E-state index in [1.165, 1.54) is 5.56 Å². The lowest BCUT2D eigenvalue weighted by molar-refractivity contribution is 0.0342. The summed E-state index contributed by atoms with van der Waals surface area (Å²) >= 11 is 0. The van der Waals surface area contributed by atoms with E-state index in [0.29, 0.717) is 5.56 Å². The summed E-state index contributed by atoms with van der Waals surface area (Å²) < 4.78 is 7.02. The van der Waals surface area contributed by atoms with Crippen LogP contribution in [0.25, 0.3) is 0 Å². The van der Waals surface area contributed by atoms with Gasteiger partial charge >= 0.3 is 0 Å². The van der Waals surface area contributed by atoms with Crippen molar-refractivity contribution in [1.29, 1.82) is 0 Å². The minimum absolute atomic E-state index is 0.126. The van der Waals surface area contributed by atoms with Gasteiger partial charge in [-0.05, 0) is 24.6 Å². The first-order valence-corrected chi connectivity index (χ1v) is 7.82. The van der Waals surface area contributed by atoms with E-state index in [4.69, 9.17) is 4.74 Å². The summed E-state index contributed by atoms with van der Waals surface area (Å²) in [6.07, 6.45) is 1.74. The van der Waals surface area contributed by atoms with E-state index in [0.717, 1.165) is 44.2 Å². The lowest BCUT2D eigenvalue weighted by Gasteiger charge is -2.26. The Kier molecular flexibility index (Phi) is 4.73. The third-order valence-electron chi connectivity index (χ3n) is 3.95. The first kappa shape index (κ1) is 15.7. The van der Waals surface area contributed by atoms with Gasteiger partial charge in [-0.25, -0.2) is 0 Å². The molecule has 6 nitrogen and oxygen atoms in total. The van der Waals surface area contributed by atoms with Gasteiger partial charge < -0.3 is 10.1 Å². The first-order valence-electron chi connectivity index (χ1n) is 7.82. The van der Waals surface area contributed by atoms with Gasteiger partial charge in [-0.2, -0.15) is 5.10 Å². The molecule has 1 aromatic heterocycles. The molecule has 6 heteroatoms. The fourth-order valence-corrected chi connectivity index (χ4v) is 2.79. The Hall–Kier alpha value is -2.18. The average Bonchev–Trinajstić information content (AvgIpc) is 2.87. The summed E-state index contributed by atoms with van der Waals surface area (Å²) in [5, 5.41) is 7.16. The number of anilines is 1. The molecule has 0 atom stereocenters. The number of rotatable bonds is 4. The number of morpholine rings is 1. The Balaban J connectivity index is 1.67. The van der Waals surface area contributed by atoms with Crippen LogP contribution in [0.1, 0.15) is 21.6 Å². The molecule has 0 aliphatic carbocycles. The molecule has 1 amide bonds. The quantitative estimate of drug-likeness (QED) is 0.935. The Morgan fingerprint density at radius 3 is 2.83 bits per heavy atom. The number of benzene rings is 1. The molecule has 23 heavy (non-hydrogen) atoms. The normalized spacial score (nSPS) is 15.6. The molecule has 0 saturated carbocycles. The number of nitrogens with zero attached hydrogens (tertiary/aromatic N) is 3. The molecule has 2 heterocycles. The van der Waals surface area contributed by atoms with Gasteiger partial charge in [0.05, 0.1) is 24.5 Å². The lowest BCUT2D eigenvalue weighted by Crippen LogP contribution is -2.35. The third kappa shape index (κ3) is 3.97. The maximum Gasteiger partial charge on any atom is 0.259 e. The maximum atomic E-state index is 12.4. The molecule has 0 radical (unpaired) electrons. The van der Waals surface area contributed by atoms with Gasteiger partial charge in [-0.3, -0.25) is 14.4 Å². The predicted molar refractivity (Wildman–Crippen MR) is 88.4 cm³/mol. The molecule has 1 saturated heterocycles. The average molecular weight is 314 g/mol. The van der Waals surface area contributed by atoms with Gasteiger partial charge in [-0.15, -0.1) is 0 Å². The number of carbonyl (C=O) groups is 1. The molecule has 122 valence electrons. The molecule has 1 aliphatic heterocycles. The molecular formula is C17H22N4O2. The zero-order valence-electron chi connectivity index (χ0n) is 13.6. The highest BCUT2D eigenvalue weighted by Crippen LogP contribution is 2.15. The zero-order chi connectivity index (χ0) is 16.2.